The maximum absolute atomic E-state index is 15.6. The Morgan fingerprint density at radius 1 is 0.930 bits per heavy atom. The third-order valence-electron chi connectivity index (χ3n) is 8.91. The van der Waals surface area contributed by atoms with Crippen molar-refractivity contribution in [3.63, 3.8) is 0 Å². The van der Waals surface area contributed by atoms with E-state index in [0.717, 1.165) is 16.3 Å². The molecule has 0 bridgehead atoms. The summed E-state index contributed by atoms with van der Waals surface area (Å²) in [7, 11) is 1.60. The Labute approximate surface area is 333 Å². The standard InChI is InChI=1S/C38H34F3N7O5.C2H4BrF/c1-51-28-9-2-24(3-10-28)23-47-35-34(37(45-47)52-29-14-19-46(20-15-29)21-16-39)33(13-17-42-35)53-32-11-6-26(22-31(32)41)44-36(49)30-12-18-43-48(38(30)50)27-7-4-25(40)5-8-27;3-1-2-4/h2-13,17-18,22,29H,14-16,19-21,23H2,1H3,(H,44,49);1-2H2. The van der Waals surface area contributed by atoms with E-state index >= 15 is 4.39 Å². The fourth-order valence-electron chi connectivity index (χ4n) is 6.08. The van der Waals surface area contributed by atoms with Crippen LogP contribution in [0.15, 0.2) is 96.1 Å². The lowest BCUT2D eigenvalue weighted by Gasteiger charge is -2.30. The number of ether oxygens (including phenoxy) is 3. The molecule has 1 amide bonds. The minimum atomic E-state index is -0.793. The van der Waals surface area contributed by atoms with Crippen LogP contribution < -0.4 is 25.1 Å². The summed E-state index contributed by atoms with van der Waals surface area (Å²) in [5, 5.41) is 12.2. The SMILES string of the molecule is COc1ccc(Cn2nc(OC3CCN(CCF)CC3)c3c(Oc4ccc(NC(=O)c5ccnn(-c6ccc(F)cc6)c5=O)cc4F)ccnc32)cc1.FCCBr. The molecule has 7 rings (SSSR count). The number of likely N-dealkylation sites (tertiary alicyclic amines) is 1. The molecule has 1 saturated heterocycles. The molecular weight excluding hydrogens is 814 g/mol. The molecule has 1 aliphatic rings. The summed E-state index contributed by atoms with van der Waals surface area (Å²) in [5.74, 6) is -0.992. The largest absolute Gasteiger partial charge is 0.497 e. The molecule has 3 aromatic carbocycles. The van der Waals surface area contributed by atoms with Crippen molar-refractivity contribution in [2.45, 2.75) is 25.5 Å². The summed E-state index contributed by atoms with van der Waals surface area (Å²) in [5.41, 5.74) is 0.726. The lowest BCUT2D eigenvalue weighted by Crippen LogP contribution is -2.39. The summed E-state index contributed by atoms with van der Waals surface area (Å²) < 4.78 is 73.1. The first-order chi connectivity index (χ1) is 27.7. The molecular formula is C40H38BrF4N7O5. The van der Waals surface area contributed by atoms with Crippen molar-refractivity contribution < 1.29 is 36.6 Å². The van der Waals surface area contributed by atoms with E-state index in [4.69, 9.17) is 19.3 Å². The minimum Gasteiger partial charge on any atom is -0.497 e. The summed E-state index contributed by atoms with van der Waals surface area (Å²) in [4.78, 5) is 32.8. The van der Waals surface area contributed by atoms with Gasteiger partial charge in [-0.3, -0.25) is 14.0 Å². The van der Waals surface area contributed by atoms with E-state index in [0.29, 0.717) is 61.1 Å². The number of fused-ring (bicyclic) bond motifs is 1. The second kappa shape index (κ2) is 19.4. The van der Waals surface area contributed by atoms with E-state index in [2.05, 4.69) is 31.3 Å². The molecule has 12 nitrogen and oxygen atoms in total. The number of piperidine rings is 1. The zero-order valence-corrected chi connectivity index (χ0v) is 32.3. The molecule has 17 heteroatoms. The second-order valence-corrected chi connectivity index (χ2v) is 13.5. The first kappa shape index (κ1) is 40.8. The summed E-state index contributed by atoms with van der Waals surface area (Å²) in [6.07, 6.45) is 3.95. The summed E-state index contributed by atoms with van der Waals surface area (Å²) in [6.45, 7) is 1.42. The van der Waals surface area contributed by atoms with Crippen molar-refractivity contribution in [1.82, 2.24) is 29.4 Å². The Hall–Kier alpha value is -5.81. The maximum Gasteiger partial charge on any atom is 0.284 e. The van der Waals surface area contributed by atoms with Crippen LogP contribution in [0.5, 0.6) is 23.1 Å². The molecule has 0 spiro atoms. The number of amides is 1. The highest BCUT2D eigenvalue weighted by atomic mass is 79.9. The van der Waals surface area contributed by atoms with Crippen molar-refractivity contribution in [3.8, 4) is 28.8 Å². The number of methoxy groups -OCH3 is 1. The lowest BCUT2D eigenvalue weighted by atomic mass is 10.1. The second-order valence-electron chi connectivity index (χ2n) is 12.7. The molecule has 0 unspecified atom stereocenters. The van der Waals surface area contributed by atoms with Crippen molar-refractivity contribution in [1.29, 1.82) is 0 Å². The zero-order chi connectivity index (χ0) is 40.3. The molecule has 3 aromatic heterocycles. The number of nitrogens with one attached hydrogen (secondary N) is 1. The number of anilines is 1. The van der Waals surface area contributed by atoms with Crippen molar-refractivity contribution >= 4 is 38.6 Å². The number of carbonyl (C=O) groups excluding carboxylic acids is 1. The predicted molar refractivity (Wildman–Crippen MR) is 210 cm³/mol. The molecule has 57 heavy (non-hydrogen) atoms. The highest BCUT2D eigenvalue weighted by Crippen LogP contribution is 2.38. The third kappa shape index (κ3) is 10.1. The van der Waals surface area contributed by atoms with Crippen LogP contribution in [0.4, 0.5) is 23.2 Å². The third-order valence-corrected chi connectivity index (χ3v) is 9.21. The lowest BCUT2D eigenvalue weighted by molar-refractivity contribution is 0.0938. The Morgan fingerprint density at radius 2 is 1.67 bits per heavy atom. The average molecular weight is 853 g/mol. The van der Waals surface area contributed by atoms with Gasteiger partial charge in [0.25, 0.3) is 11.5 Å². The van der Waals surface area contributed by atoms with Gasteiger partial charge in [-0.05, 0) is 73.0 Å². The molecule has 1 fully saturated rings. The normalized spacial score (nSPS) is 13.2. The average Bonchev–Trinajstić information content (AvgIpc) is 3.57. The molecule has 0 atom stereocenters. The fraction of sp³-hybridized carbons (Fsp3) is 0.275. The van der Waals surface area contributed by atoms with Crippen LogP contribution in [0.1, 0.15) is 28.8 Å². The number of halogens is 5. The van der Waals surface area contributed by atoms with E-state index in [1.165, 1.54) is 54.9 Å². The Balaban J connectivity index is 0.00000131. The minimum absolute atomic E-state index is 0.0692. The number of nitrogens with zero attached hydrogens (tertiary/aromatic N) is 6. The number of alkyl halides is 3. The molecule has 6 aromatic rings. The van der Waals surface area contributed by atoms with Crippen LogP contribution in [0.2, 0.25) is 0 Å². The van der Waals surface area contributed by atoms with Gasteiger partial charge in [-0.2, -0.15) is 9.78 Å². The smallest absolute Gasteiger partial charge is 0.284 e. The van der Waals surface area contributed by atoms with Gasteiger partial charge in [0, 0.05) is 55.2 Å². The van der Waals surface area contributed by atoms with Crippen molar-refractivity contribution in [2.24, 2.45) is 0 Å². The predicted octanol–water partition coefficient (Wildman–Crippen LogP) is 7.52. The fourth-order valence-corrected chi connectivity index (χ4v) is 6.08. The van der Waals surface area contributed by atoms with Gasteiger partial charge in [0.05, 0.1) is 26.0 Å². The van der Waals surface area contributed by atoms with E-state index in [-0.39, 0.29) is 47.1 Å². The van der Waals surface area contributed by atoms with Gasteiger partial charge in [0.15, 0.2) is 17.2 Å². The van der Waals surface area contributed by atoms with Gasteiger partial charge in [-0.1, -0.05) is 28.1 Å². The molecule has 0 radical (unpaired) electrons. The summed E-state index contributed by atoms with van der Waals surface area (Å²) >= 11 is 2.87. The zero-order valence-electron chi connectivity index (χ0n) is 30.7. The van der Waals surface area contributed by atoms with Crippen LogP contribution in [0.3, 0.4) is 0 Å². The van der Waals surface area contributed by atoms with Gasteiger partial charge in [0.2, 0.25) is 5.88 Å². The van der Waals surface area contributed by atoms with Crippen LogP contribution in [-0.2, 0) is 6.54 Å². The number of benzene rings is 3. The van der Waals surface area contributed by atoms with Gasteiger partial charge in [-0.15, -0.1) is 5.10 Å². The maximum atomic E-state index is 15.6. The first-order valence-electron chi connectivity index (χ1n) is 17.9. The van der Waals surface area contributed by atoms with E-state index in [1.807, 2.05) is 29.2 Å². The molecule has 1 N–H and O–H groups in total. The van der Waals surface area contributed by atoms with E-state index in [9.17, 15) is 22.8 Å². The number of pyridine rings is 1. The number of hydrogen-bond donors (Lipinski definition) is 1. The highest BCUT2D eigenvalue weighted by molar-refractivity contribution is 9.09. The number of rotatable bonds is 13. The van der Waals surface area contributed by atoms with E-state index < -0.39 is 29.8 Å². The van der Waals surface area contributed by atoms with Gasteiger partial charge in [-0.25, -0.2) is 22.8 Å². The van der Waals surface area contributed by atoms with Gasteiger partial charge >= 0.3 is 0 Å². The van der Waals surface area contributed by atoms with Crippen LogP contribution in [-0.4, -0.2) is 86.9 Å². The summed E-state index contributed by atoms with van der Waals surface area (Å²) in [6, 6.07) is 19.3. The van der Waals surface area contributed by atoms with Crippen LogP contribution in [0.25, 0.3) is 16.7 Å². The van der Waals surface area contributed by atoms with Crippen LogP contribution >= 0.6 is 15.9 Å². The van der Waals surface area contributed by atoms with Crippen molar-refractivity contribution in [3.05, 3.63) is 124 Å². The Morgan fingerprint density at radius 3 is 2.33 bits per heavy atom. The molecule has 0 aliphatic carbocycles. The van der Waals surface area contributed by atoms with E-state index in [1.54, 1.807) is 17.9 Å². The highest BCUT2D eigenvalue weighted by Gasteiger charge is 2.26. The van der Waals surface area contributed by atoms with Crippen LogP contribution in [0, 0.1) is 11.6 Å². The molecule has 4 heterocycles. The number of aromatic nitrogens is 5. The van der Waals surface area contributed by atoms with Crippen molar-refractivity contribution in [2.75, 3.05) is 50.7 Å². The number of hydrogen-bond acceptors (Lipinski definition) is 9. The molecule has 0 saturated carbocycles. The molecule has 1 aliphatic heterocycles. The quantitative estimate of drug-likeness (QED) is 0.0928. The number of carbonyl (C=O) groups is 1. The first-order valence-corrected chi connectivity index (χ1v) is 19.0. The topological polar surface area (TPSA) is 126 Å². The van der Waals surface area contributed by atoms with Gasteiger partial charge < -0.3 is 24.4 Å². The Bertz CT molecular complexity index is 2340. The molecule has 298 valence electrons. The monoisotopic (exact) mass is 851 g/mol. The van der Waals surface area contributed by atoms with Gasteiger partial charge in [0.1, 0.15) is 41.0 Å². The Kier molecular flexibility index (Phi) is 13.9.